The van der Waals surface area contributed by atoms with Crippen LogP contribution in [0.15, 0.2) is 30.3 Å². The smallest absolute Gasteiger partial charge is 0.158 e. The highest BCUT2D eigenvalue weighted by molar-refractivity contribution is 5.60. The van der Waals surface area contributed by atoms with Gasteiger partial charge in [0, 0.05) is 25.9 Å². The molecule has 21 heavy (non-hydrogen) atoms. The minimum absolute atomic E-state index is 0.385. The summed E-state index contributed by atoms with van der Waals surface area (Å²) in [4.78, 5) is 8.80. The van der Waals surface area contributed by atoms with E-state index in [2.05, 4.69) is 46.6 Å². The van der Waals surface area contributed by atoms with Crippen molar-refractivity contribution in [1.82, 2.24) is 9.97 Å². The van der Waals surface area contributed by atoms with Gasteiger partial charge in [0.25, 0.3) is 0 Å². The number of methoxy groups -OCH3 is 1. The van der Waals surface area contributed by atoms with Crippen molar-refractivity contribution in [2.24, 2.45) is 0 Å². The van der Waals surface area contributed by atoms with Gasteiger partial charge in [0.05, 0.1) is 0 Å². The number of nitrogens with zero attached hydrogens (tertiary/aromatic N) is 2. The molecule has 0 saturated carbocycles. The third kappa shape index (κ3) is 4.16. The van der Waals surface area contributed by atoms with Crippen LogP contribution in [0.5, 0.6) is 0 Å². The molecular formula is C16H22N4O. The minimum Gasteiger partial charge on any atom is -0.377 e. The normalized spacial score (nSPS) is 10.7. The Kier molecular flexibility index (Phi) is 5.11. The van der Waals surface area contributed by atoms with Crippen molar-refractivity contribution in [3.05, 3.63) is 41.7 Å². The van der Waals surface area contributed by atoms with Crippen LogP contribution < -0.4 is 10.6 Å². The second-order valence-electron chi connectivity index (χ2n) is 5.14. The predicted octanol–water partition coefficient (Wildman–Crippen LogP) is 3.53. The summed E-state index contributed by atoms with van der Waals surface area (Å²) in [5.74, 6) is 2.66. The maximum atomic E-state index is 5.10. The van der Waals surface area contributed by atoms with Gasteiger partial charge in [0.15, 0.2) is 5.82 Å². The standard InChI is InChI=1S/C16H22N4O/c1-11(2)12-6-5-7-13(8-12)18-15-9-14(17-3)19-16(20-15)10-21-4/h5-9,11H,10H2,1-4H3,(H2,17,18,19,20). The van der Waals surface area contributed by atoms with Crippen molar-refractivity contribution in [3.63, 3.8) is 0 Å². The lowest BCUT2D eigenvalue weighted by Crippen LogP contribution is -2.05. The Bertz CT molecular complexity index is 599. The number of hydrogen-bond donors (Lipinski definition) is 2. The Morgan fingerprint density at radius 1 is 1.14 bits per heavy atom. The van der Waals surface area contributed by atoms with Gasteiger partial charge in [-0.1, -0.05) is 26.0 Å². The molecule has 1 heterocycles. The van der Waals surface area contributed by atoms with Crippen molar-refractivity contribution < 1.29 is 4.74 Å². The van der Waals surface area contributed by atoms with Crippen LogP contribution in [0.3, 0.4) is 0 Å². The summed E-state index contributed by atoms with van der Waals surface area (Å²) in [5, 5.41) is 6.36. The van der Waals surface area contributed by atoms with Gasteiger partial charge in [-0.15, -0.1) is 0 Å². The number of ether oxygens (including phenoxy) is 1. The van der Waals surface area contributed by atoms with E-state index in [0.29, 0.717) is 18.3 Å². The summed E-state index contributed by atoms with van der Waals surface area (Å²) in [5.41, 5.74) is 2.31. The highest BCUT2D eigenvalue weighted by Crippen LogP contribution is 2.22. The predicted molar refractivity (Wildman–Crippen MR) is 86.1 cm³/mol. The van der Waals surface area contributed by atoms with Crippen molar-refractivity contribution >= 4 is 17.3 Å². The molecule has 2 aromatic rings. The maximum Gasteiger partial charge on any atom is 0.158 e. The Morgan fingerprint density at radius 2 is 1.90 bits per heavy atom. The Morgan fingerprint density at radius 3 is 2.57 bits per heavy atom. The van der Waals surface area contributed by atoms with E-state index >= 15 is 0 Å². The molecule has 0 bridgehead atoms. The highest BCUT2D eigenvalue weighted by atomic mass is 16.5. The first-order valence-corrected chi connectivity index (χ1v) is 7.04. The van der Waals surface area contributed by atoms with Crippen LogP contribution in [-0.2, 0) is 11.3 Å². The average molecular weight is 286 g/mol. The summed E-state index contributed by atoms with van der Waals surface area (Å²) >= 11 is 0. The second kappa shape index (κ2) is 7.04. The molecule has 0 spiro atoms. The van der Waals surface area contributed by atoms with Gasteiger partial charge in [0.1, 0.15) is 18.2 Å². The number of anilines is 3. The van der Waals surface area contributed by atoms with Crippen LogP contribution in [0.25, 0.3) is 0 Å². The number of benzene rings is 1. The van der Waals surface area contributed by atoms with Crippen molar-refractivity contribution in [2.45, 2.75) is 26.4 Å². The quantitative estimate of drug-likeness (QED) is 0.850. The molecule has 2 rings (SSSR count). The molecular weight excluding hydrogens is 264 g/mol. The molecule has 0 aliphatic rings. The summed E-state index contributed by atoms with van der Waals surface area (Å²) in [6.07, 6.45) is 0. The molecule has 0 unspecified atom stereocenters. The Hall–Kier alpha value is -2.14. The molecule has 5 heteroatoms. The number of hydrogen-bond acceptors (Lipinski definition) is 5. The Balaban J connectivity index is 2.25. The third-order valence-corrected chi connectivity index (χ3v) is 3.13. The lowest BCUT2D eigenvalue weighted by atomic mass is 10.0. The van der Waals surface area contributed by atoms with E-state index in [1.807, 2.05) is 25.2 Å². The summed E-state index contributed by atoms with van der Waals surface area (Å²) < 4.78 is 5.10. The van der Waals surface area contributed by atoms with E-state index in [-0.39, 0.29) is 0 Å². The zero-order chi connectivity index (χ0) is 15.2. The van der Waals surface area contributed by atoms with Crippen molar-refractivity contribution in [2.75, 3.05) is 24.8 Å². The van der Waals surface area contributed by atoms with Gasteiger partial charge in [0.2, 0.25) is 0 Å². The van der Waals surface area contributed by atoms with Gasteiger partial charge in [-0.3, -0.25) is 0 Å². The van der Waals surface area contributed by atoms with Crippen molar-refractivity contribution in [3.8, 4) is 0 Å². The lowest BCUT2D eigenvalue weighted by Gasteiger charge is -2.12. The lowest BCUT2D eigenvalue weighted by molar-refractivity contribution is 0.178. The number of nitrogens with one attached hydrogen (secondary N) is 2. The third-order valence-electron chi connectivity index (χ3n) is 3.13. The molecule has 0 radical (unpaired) electrons. The van der Waals surface area contributed by atoms with E-state index in [9.17, 15) is 0 Å². The first-order chi connectivity index (χ1) is 10.1. The molecule has 0 aliphatic heterocycles. The van der Waals surface area contributed by atoms with Gasteiger partial charge in [-0.25, -0.2) is 9.97 Å². The summed E-state index contributed by atoms with van der Waals surface area (Å²) in [6.45, 7) is 4.75. The largest absolute Gasteiger partial charge is 0.377 e. The SMILES string of the molecule is CNc1cc(Nc2cccc(C(C)C)c2)nc(COC)n1. The van der Waals surface area contributed by atoms with Crippen LogP contribution in [0.1, 0.15) is 31.2 Å². The monoisotopic (exact) mass is 286 g/mol. The van der Waals surface area contributed by atoms with E-state index < -0.39 is 0 Å². The van der Waals surface area contributed by atoms with Crippen LogP contribution in [0.4, 0.5) is 17.3 Å². The fraction of sp³-hybridized carbons (Fsp3) is 0.375. The molecule has 0 amide bonds. The fourth-order valence-electron chi connectivity index (χ4n) is 2.01. The van der Waals surface area contributed by atoms with Crippen molar-refractivity contribution in [1.29, 1.82) is 0 Å². The zero-order valence-electron chi connectivity index (χ0n) is 13.0. The molecule has 0 fully saturated rings. The van der Waals surface area contributed by atoms with Crippen LogP contribution in [-0.4, -0.2) is 24.1 Å². The molecule has 0 saturated heterocycles. The average Bonchev–Trinajstić information content (AvgIpc) is 2.47. The molecule has 1 aromatic carbocycles. The van der Waals surface area contributed by atoms with Gasteiger partial charge >= 0.3 is 0 Å². The first-order valence-electron chi connectivity index (χ1n) is 7.04. The zero-order valence-corrected chi connectivity index (χ0v) is 13.0. The van der Waals surface area contributed by atoms with E-state index in [4.69, 9.17) is 4.74 Å². The molecule has 2 N–H and O–H groups in total. The maximum absolute atomic E-state index is 5.10. The van der Waals surface area contributed by atoms with Crippen LogP contribution in [0, 0.1) is 0 Å². The van der Waals surface area contributed by atoms with Crippen LogP contribution in [0.2, 0.25) is 0 Å². The molecule has 112 valence electrons. The second-order valence-corrected chi connectivity index (χ2v) is 5.14. The Labute approximate surface area is 125 Å². The van der Waals surface area contributed by atoms with Gasteiger partial charge in [-0.05, 0) is 23.6 Å². The molecule has 0 atom stereocenters. The fourth-order valence-corrected chi connectivity index (χ4v) is 2.01. The van der Waals surface area contributed by atoms with Crippen LogP contribution >= 0.6 is 0 Å². The summed E-state index contributed by atoms with van der Waals surface area (Å²) in [7, 11) is 3.47. The molecule has 5 nitrogen and oxygen atoms in total. The van der Waals surface area contributed by atoms with E-state index in [1.54, 1.807) is 7.11 Å². The topological polar surface area (TPSA) is 59.1 Å². The highest BCUT2D eigenvalue weighted by Gasteiger charge is 2.05. The van der Waals surface area contributed by atoms with Gasteiger partial charge in [-0.2, -0.15) is 0 Å². The summed E-state index contributed by atoms with van der Waals surface area (Å²) in [6, 6.07) is 10.2. The van der Waals surface area contributed by atoms with Gasteiger partial charge < -0.3 is 15.4 Å². The van der Waals surface area contributed by atoms with E-state index in [0.717, 1.165) is 17.3 Å². The number of aromatic nitrogens is 2. The number of rotatable bonds is 6. The molecule has 1 aromatic heterocycles. The minimum atomic E-state index is 0.385. The van der Waals surface area contributed by atoms with E-state index in [1.165, 1.54) is 5.56 Å². The molecule has 0 aliphatic carbocycles. The first kappa shape index (κ1) is 15.3.